The van der Waals surface area contributed by atoms with E-state index in [0.29, 0.717) is 13.1 Å². The summed E-state index contributed by atoms with van der Waals surface area (Å²) in [6.07, 6.45) is 6.31. The normalized spacial score (nSPS) is 11.4. The highest BCUT2D eigenvalue weighted by Crippen LogP contribution is 2.20. The maximum Gasteiger partial charge on any atom is 0.330 e. The number of nitrogens with two attached hydrogens (primary N) is 1. The maximum absolute atomic E-state index is 12.8. The molecule has 32 heavy (non-hydrogen) atoms. The van der Waals surface area contributed by atoms with Gasteiger partial charge < -0.3 is 19.6 Å². The fraction of sp³-hybridized carbons (Fsp3) is 0.348. The van der Waals surface area contributed by atoms with Crippen molar-refractivity contribution in [3.05, 3.63) is 74.1 Å². The summed E-state index contributed by atoms with van der Waals surface area (Å²) in [4.78, 5) is 40.7. The summed E-state index contributed by atoms with van der Waals surface area (Å²) in [5.74, 6) is 0.387. The predicted molar refractivity (Wildman–Crippen MR) is 125 cm³/mol. The number of aromatic nitrogens is 3. The number of aromatic amines is 1. The van der Waals surface area contributed by atoms with Crippen molar-refractivity contribution in [1.82, 2.24) is 14.1 Å². The molecule has 0 unspecified atom stereocenters. The molecule has 0 spiro atoms. The molecule has 0 atom stereocenters. The minimum absolute atomic E-state index is 0.0203. The van der Waals surface area contributed by atoms with Gasteiger partial charge in [-0.05, 0) is 50.1 Å². The monoisotopic (exact) mass is 439 g/mol. The lowest BCUT2D eigenvalue weighted by molar-refractivity contribution is -0.113. The van der Waals surface area contributed by atoms with E-state index in [2.05, 4.69) is 9.55 Å². The van der Waals surface area contributed by atoms with Crippen LogP contribution in [0.4, 0.5) is 11.5 Å². The summed E-state index contributed by atoms with van der Waals surface area (Å²) >= 11 is 0. The highest BCUT2D eigenvalue weighted by atomic mass is 16.3. The molecule has 3 aromatic rings. The Hall–Kier alpha value is -3.75. The van der Waals surface area contributed by atoms with Gasteiger partial charge in [0.15, 0.2) is 5.69 Å². The second kappa shape index (κ2) is 9.59. The summed E-state index contributed by atoms with van der Waals surface area (Å²) in [7, 11) is 1.46. The molecule has 3 heterocycles. The number of carbonyl (C=O) groups is 1. The molecule has 3 aromatic heterocycles. The SMILES string of the molecule is CCCCn1c(N)c(N(C)C(=O)/C=C/c2cc(C)n(Cc3ccco3)c2C)c(=O)[nH]c1=O. The van der Waals surface area contributed by atoms with Crippen LogP contribution in [-0.2, 0) is 17.9 Å². The molecule has 0 saturated carbocycles. The number of nitrogens with zero attached hydrogens (tertiary/aromatic N) is 3. The number of rotatable bonds is 8. The number of nitrogen functional groups attached to an aromatic ring is 1. The molecule has 3 N–H and O–H groups in total. The lowest BCUT2D eigenvalue weighted by Crippen LogP contribution is -2.38. The van der Waals surface area contributed by atoms with Crippen LogP contribution in [0.5, 0.6) is 0 Å². The first-order valence-electron chi connectivity index (χ1n) is 10.5. The number of carbonyl (C=O) groups excluding carboxylic acids is 1. The highest BCUT2D eigenvalue weighted by Gasteiger charge is 2.19. The number of H-pyrrole nitrogens is 1. The molecule has 1 amide bonds. The molecule has 3 rings (SSSR count). The Kier molecular flexibility index (Phi) is 6.87. The summed E-state index contributed by atoms with van der Waals surface area (Å²) in [6.45, 7) is 6.90. The van der Waals surface area contributed by atoms with Crippen LogP contribution in [0.1, 0.15) is 42.5 Å². The van der Waals surface area contributed by atoms with E-state index in [1.165, 1.54) is 17.7 Å². The van der Waals surface area contributed by atoms with Crippen LogP contribution >= 0.6 is 0 Å². The molecule has 0 fully saturated rings. The smallest absolute Gasteiger partial charge is 0.330 e. The number of hydrogen-bond acceptors (Lipinski definition) is 5. The largest absolute Gasteiger partial charge is 0.467 e. The van der Waals surface area contributed by atoms with Crippen molar-refractivity contribution >= 4 is 23.5 Å². The van der Waals surface area contributed by atoms with Crippen molar-refractivity contribution in [2.75, 3.05) is 17.7 Å². The van der Waals surface area contributed by atoms with Crippen molar-refractivity contribution in [3.8, 4) is 0 Å². The van der Waals surface area contributed by atoms with Crippen LogP contribution in [0.15, 0.2) is 44.5 Å². The lowest BCUT2D eigenvalue weighted by Gasteiger charge is -2.19. The fourth-order valence-electron chi connectivity index (χ4n) is 3.62. The molecule has 0 aromatic carbocycles. The van der Waals surface area contributed by atoms with E-state index >= 15 is 0 Å². The molecule has 9 heteroatoms. The zero-order chi connectivity index (χ0) is 23.4. The zero-order valence-electron chi connectivity index (χ0n) is 18.8. The second-order valence-corrected chi connectivity index (χ2v) is 7.72. The molecule has 0 saturated heterocycles. The van der Waals surface area contributed by atoms with Crippen LogP contribution in [0.2, 0.25) is 0 Å². The molecule has 9 nitrogen and oxygen atoms in total. The first-order chi connectivity index (χ1) is 15.2. The second-order valence-electron chi connectivity index (χ2n) is 7.72. The van der Waals surface area contributed by atoms with E-state index in [9.17, 15) is 14.4 Å². The maximum atomic E-state index is 12.8. The third kappa shape index (κ3) is 4.61. The van der Waals surface area contributed by atoms with Gasteiger partial charge in [-0.1, -0.05) is 13.3 Å². The lowest BCUT2D eigenvalue weighted by atomic mass is 10.2. The van der Waals surface area contributed by atoms with Gasteiger partial charge in [0.1, 0.15) is 11.6 Å². The van der Waals surface area contributed by atoms with E-state index in [-0.39, 0.29) is 11.5 Å². The van der Waals surface area contributed by atoms with Crippen molar-refractivity contribution in [2.45, 2.75) is 46.7 Å². The Morgan fingerprint density at radius 1 is 1.28 bits per heavy atom. The van der Waals surface area contributed by atoms with E-state index in [4.69, 9.17) is 10.2 Å². The number of furan rings is 1. The van der Waals surface area contributed by atoms with Crippen LogP contribution in [-0.4, -0.2) is 27.1 Å². The summed E-state index contributed by atoms with van der Waals surface area (Å²) in [5, 5.41) is 0. The van der Waals surface area contributed by atoms with Gasteiger partial charge in [0.2, 0.25) is 0 Å². The fourth-order valence-corrected chi connectivity index (χ4v) is 3.62. The predicted octanol–water partition coefficient (Wildman–Crippen LogP) is 2.65. The van der Waals surface area contributed by atoms with Crippen LogP contribution in [0, 0.1) is 13.8 Å². The minimum Gasteiger partial charge on any atom is -0.467 e. The Morgan fingerprint density at radius 3 is 2.69 bits per heavy atom. The summed E-state index contributed by atoms with van der Waals surface area (Å²) in [5.41, 5.74) is 7.67. The number of anilines is 2. The van der Waals surface area contributed by atoms with Gasteiger partial charge in [-0.25, -0.2) is 4.79 Å². The number of nitrogens with one attached hydrogen (secondary N) is 1. The molecule has 0 aliphatic rings. The molecule has 0 aliphatic carbocycles. The Bertz CT molecular complexity index is 1240. The van der Waals surface area contributed by atoms with Gasteiger partial charge in [-0.15, -0.1) is 0 Å². The van der Waals surface area contributed by atoms with E-state index in [1.54, 1.807) is 12.3 Å². The highest BCUT2D eigenvalue weighted by molar-refractivity contribution is 6.04. The zero-order valence-corrected chi connectivity index (χ0v) is 18.8. The number of likely N-dealkylation sites (N-methyl/N-ethyl adjacent to an activating group) is 1. The number of unbranched alkanes of at least 4 members (excludes halogenated alkanes) is 1. The van der Waals surface area contributed by atoms with Gasteiger partial charge in [-0.2, -0.15) is 0 Å². The van der Waals surface area contributed by atoms with Crippen molar-refractivity contribution < 1.29 is 9.21 Å². The van der Waals surface area contributed by atoms with Crippen molar-refractivity contribution in [3.63, 3.8) is 0 Å². The quantitative estimate of drug-likeness (QED) is 0.523. The van der Waals surface area contributed by atoms with Crippen molar-refractivity contribution in [1.29, 1.82) is 0 Å². The van der Waals surface area contributed by atoms with E-state index in [0.717, 1.165) is 40.5 Å². The standard InChI is InChI=1S/C23H29N5O4/c1-5-6-11-27-21(24)20(22(30)25-23(27)31)26(4)19(29)10-9-17-13-15(2)28(16(17)3)14-18-8-7-12-32-18/h7-10,12-13H,5-6,11,14,24H2,1-4H3,(H,25,30,31)/b10-9+. The van der Waals surface area contributed by atoms with Gasteiger partial charge in [0.25, 0.3) is 11.5 Å². The Morgan fingerprint density at radius 2 is 2.03 bits per heavy atom. The first kappa shape index (κ1) is 22.9. The molecular weight excluding hydrogens is 410 g/mol. The molecule has 0 aliphatic heterocycles. The van der Waals surface area contributed by atoms with Gasteiger partial charge >= 0.3 is 5.69 Å². The third-order valence-electron chi connectivity index (χ3n) is 5.53. The average Bonchev–Trinajstić information content (AvgIpc) is 3.35. The summed E-state index contributed by atoms with van der Waals surface area (Å²) in [6, 6.07) is 5.74. The first-order valence-corrected chi connectivity index (χ1v) is 10.5. The molecule has 0 radical (unpaired) electrons. The Balaban J connectivity index is 1.85. The minimum atomic E-state index is -0.693. The van der Waals surface area contributed by atoms with Crippen LogP contribution < -0.4 is 21.9 Å². The van der Waals surface area contributed by atoms with Gasteiger partial charge in [0.05, 0.1) is 12.8 Å². The van der Waals surface area contributed by atoms with Crippen LogP contribution in [0.3, 0.4) is 0 Å². The van der Waals surface area contributed by atoms with Crippen molar-refractivity contribution in [2.24, 2.45) is 0 Å². The number of amides is 1. The molecule has 170 valence electrons. The Labute approximate surface area is 185 Å². The van der Waals surface area contributed by atoms with Gasteiger partial charge in [0, 0.05) is 31.1 Å². The van der Waals surface area contributed by atoms with Gasteiger partial charge in [-0.3, -0.25) is 19.1 Å². The van der Waals surface area contributed by atoms with E-state index < -0.39 is 17.2 Å². The number of hydrogen-bond donors (Lipinski definition) is 2. The molecule has 0 bridgehead atoms. The summed E-state index contributed by atoms with van der Waals surface area (Å²) < 4.78 is 8.82. The topological polar surface area (TPSA) is 119 Å². The number of aryl methyl sites for hydroxylation is 1. The average molecular weight is 440 g/mol. The van der Waals surface area contributed by atoms with E-state index in [1.807, 2.05) is 39.0 Å². The third-order valence-corrected chi connectivity index (χ3v) is 5.53. The molecular formula is C23H29N5O4. The van der Waals surface area contributed by atoms with Crippen LogP contribution in [0.25, 0.3) is 6.08 Å².